The number of rotatable bonds is 4. The molecule has 2 heterocycles. The van der Waals surface area contributed by atoms with Crippen molar-refractivity contribution in [3.05, 3.63) is 65.7 Å². The molecular formula is C22H26ClN3O2. The van der Waals surface area contributed by atoms with Gasteiger partial charge in [-0.15, -0.1) is 12.4 Å². The molecule has 2 saturated heterocycles. The second-order valence-corrected chi connectivity index (χ2v) is 7.42. The Hall–Kier alpha value is -2.37. The summed E-state index contributed by atoms with van der Waals surface area (Å²) < 4.78 is 0. The number of anilines is 1. The van der Waals surface area contributed by atoms with E-state index in [9.17, 15) is 9.59 Å². The highest BCUT2D eigenvalue weighted by atomic mass is 35.5. The van der Waals surface area contributed by atoms with Gasteiger partial charge in [-0.2, -0.15) is 0 Å². The Morgan fingerprint density at radius 3 is 2.54 bits per heavy atom. The van der Waals surface area contributed by atoms with E-state index >= 15 is 0 Å². The monoisotopic (exact) mass is 399 g/mol. The minimum Gasteiger partial charge on any atom is -0.338 e. The van der Waals surface area contributed by atoms with Crippen LogP contribution in [0.5, 0.6) is 0 Å². The molecule has 2 amide bonds. The Morgan fingerprint density at radius 2 is 1.86 bits per heavy atom. The van der Waals surface area contributed by atoms with Gasteiger partial charge in [0, 0.05) is 43.2 Å². The molecule has 0 spiro atoms. The standard InChI is InChI=1S/C22H25N3O2.ClH/c23-13-18-14-24(15-20(18)16-6-2-1-3-7-16)22(27)17-8-4-9-19(12-17)25-11-5-10-21(25)26;/h1-4,6-9,12,18,20H,5,10-11,13-15,23H2;1H/t18-,20+;/m1./s1. The maximum atomic E-state index is 13.1. The number of nitrogens with two attached hydrogens (primary N) is 1. The van der Waals surface area contributed by atoms with Gasteiger partial charge in [0.25, 0.3) is 5.91 Å². The highest BCUT2D eigenvalue weighted by Crippen LogP contribution is 2.33. The molecule has 0 saturated carbocycles. The Morgan fingerprint density at radius 1 is 1.07 bits per heavy atom. The van der Waals surface area contributed by atoms with Crippen LogP contribution < -0.4 is 10.6 Å². The molecule has 5 nitrogen and oxygen atoms in total. The van der Waals surface area contributed by atoms with Crippen LogP contribution in [0.4, 0.5) is 5.69 Å². The first-order valence-electron chi connectivity index (χ1n) is 9.62. The van der Waals surface area contributed by atoms with Gasteiger partial charge < -0.3 is 15.5 Å². The lowest BCUT2D eigenvalue weighted by molar-refractivity contribution is -0.117. The summed E-state index contributed by atoms with van der Waals surface area (Å²) in [7, 11) is 0. The zero-order valence-electron chi connectivity index (χ0n) is 15.8. The van der Waals surface area contributed by atoms with Crippen molar-refractivity contribution in [3.63, 3.8) is 0 Å². The van der Waals surface area contributed by atoms with Gasteiger partial charge in [0.05, 0.1) is 0 Å². The van der Waals surface area contributed by atoms with E-state index in [1.54, 1.807) is 4.90 Å². The molecule has 2 aromatic rings. The zero-order valence-corrected chi connectivity index (χ0v) is 16.6. The minimum atomic E-state index is 0. The molecule has 28 heavy (non-hydrogen) atoms. The van der Waals surface area contributed by atoms with E-state index in [0.29, 0.717) is 31.6 Å². The van der Waals surface area contributed by atoms with E-state index in [4.69, 9.17) is 5.73 Å². The van der Waals surface area contributed by atoms with E-state index < -0.39 is 0 Å². The number of carbonyl (C=O) groups is 2. The van der Waals surface area contributed by atoms with E-state index in [2.05, 4.69) is 12.1 Å². The predicted molar refractivity (Wildman–Crippen MR) is 113 cm³/mol. The van der Waals surface area contributed by atoms with Crippen LogP contribution in [0.25, 0.3) is 0 Å². The Balaban J connectivity index is 0.00000225. The fourth-order valence-corrected chi connectivity index (χ4v) is 4.26. The lowest BCUT2D eigenvalue weighted by Gasteiger charge is -2.19. The summed E-state index contributed by atoms with van der Waals surface area (Å²) in [5, 5.41) is 0. The average Bonchev–Trinajstić information content (AvgIpc) is 3.34. The number of hydrogen-bond donors (Lipinski definition) is 1. The molecule has 0 aliphatic carbocycles. The van der Waals surface area contributed by atoms with E-state index in [1.807, 2.05) is 47.4 Å². The molecule has 0 bridgehead atoms. The van der Waals surface area contributed by atoms with Crippen molar-refractivity contribution in [3.8, 4) is 0 Å². The largest absolute Gasteiger partial charge is 0.338 e. The van der Waals surface area contributed by atoms with E-state index in [0.717, 1.165) is 18.7 Å². The van der Waals surface area contributed by atoms with E-state index in [-0.39, 0.29) is 36.1 Å². The van der Waals surface area contributed by atoms with Gasteiger partial charge in [0.2, 0.25) is 5.91 Å². The van der Waals surface area contributed by atoms with E-state index in [1.165, 1.54) is 5.56 Å². The topological polar surface area (TPSA) is 66.6 Å². The lowest BCUT2D eigenvalue weighted by atomic mass is 9.89. The number of likely N-dealkylation sites (tertiary alicyclic amines) is 1. The molecule has 0 radical (unpaired) electrons. The molecular weight excluding hydrogens is 374 g/mol. The van der Waals surface area contributed by atoms with Gasteiger partial charge in [0.1, 0.15) is 0 Å². The number of nitrogens with zero attached hydrogens (tertiary/aromatic N) is 2. The molecule has 148 valence electrons. The summed E-state index contributed by atoms with van der Waals surface area (Å²) in [6, 6.07) is 17.7. The number of halogens is 1. The summed E-state index contributed by atoms with van der Waals surface area (Å²) in [5.74, 6) is 0.677. The average molecular weight is 400 g/mol. The molecule has 2 aliphatic rings. The number of amides is 2. The molecule has 4 rings (SSSR count). The fourth-order valence-electron chi connectivity index (χ4n) is 4.26. The van der Waals surface area contributed by atoms with Crippen molar-refractivity contribution in [1.82, 2.24) is 4.90 Å². The van der Waals surface area contributed by atoms with Crippen LogP contribution in [0.15, 0.2) is 54.6 Å². The van der Waals surface area contributed by atoms with Gasteiger partial charge in [-0.05, 0) is 42.6 Å². The van der Waals surface area contributed by atoms with Crippen LogP contribution >= 0.6 is 12.4 Å². The first-order chi connectivity index (χ1) is 13.2. The normalized spacial score (nSPS) is 21.7. The number of hydrogen-bond acceptors (Lipinski definition) is 3. The van der Waals surface area contributed by atoms with Crippen LogP contribution in [0.3, 0.4) is 0 Å². The third kappa shape index (κ3) is 3.91. The fraction of sp³-hybridized carbons (Fsp3) is 0.364. The second-order valence-electron chi connectivity index (χ2n) is 7.42. The zero-order chi connectivity index (χ0) is 18.8. The molecule has 2 N–H and O–H groups in total. The molecule has 2 fully saturated rings. The Kier molecular flexibility index (Phi) is 6.37. The molecule has 2 aliphatic heterocycles. The summed E-state index contributed by atoms with van der Waals surface area (Å²) in [5.41, 5.74) is 8.69. The number of benzene rings is 2. The lowest BCUT2D eigenvalue weighted by Crippen LogP contribution is -2.30. The van der Waals surface area contributed by atoms with Crippen LogP contribution in [0, 0.1) is 5.92 Å². The van der Waals surface area contributed by atoms with Crippen molar-refractivity contribution in [2.75, 3.05) is 31.1 Å². The third-order valence-corrected chi connectivity index (χ3v) is 5.74. The summed E-state index contributed by atoms with van der Waals surface area (Å²) in [4.78, 5) is 28.8. The first-order valence-corrected chi connectivity index (χ1v) is 9.62. The van der Waals surface area contributed by atoms with Crippen molar-refractivity contribution in [2.45, 2.75) is 18.8 Å². The van der Waals surface area contributed by atoms with Crippen molar-refractivity contribution in [2.24, 2.45) is 11.7 Å². The third-order valence-electron chi connectivity index (χ3n) is 5.74. The Bertz CT molecular complexity index is 843. The van der Waals surface area contributed by atoms with Gasteiger partial charge in [-0.1, -0.05) is 36.4 Å². The van der Waals surface area contributed by atoms with Crippen molar-refractivity contribution in [1.29, 1.82) is 0 Å². The number of carbonyl (C=O) groups excluding carboxylic acids is 2. The molecule has 0 aromatic heterocycles. The maximum absolute atomic E-state index is 13.1. The molecule has 2 atom stereocenters. The maximum Gasteiger partial charge on any atom is 0.253 e. The van der Waals surface area contributed by atoms with Gasteiger partial charge in [0.15, 0.2) is 0 Å². The van der Waals surface area contributed by atoms with Gasteiger partial charge in [-0.3, -0.25) is 9.59 Å². The molecule has 6 heteroatoms. The first kappa shape index (κ1) is 20.4. The molecule has 2 aromatic carbocycles. The van der Waals surface area contributed by atoms with Crippen molar-refractivity contribution >= 4 is 29.9 Å². The van der Waals surface area contributed by atoms with Crippen LogP contribution in [0.1, 0.15) is 34.7 Å². The highest BCUT2D eigenvalue weighted by molar-refractivity contribution is 5.99. The van der Waals surface area contributed by atoms with Gasteiger partial charge in [-0.25, -0.2) is 0 Å². The quantitative estimate of drug-likeness (QED) is 0.859. The second kappa shape index (κ2) is 8.76. The van der Waals surface area contributed by atoms with Crippen LogP contribution in [-0.4, -0.2) is 42.9 Å². The predicted octanol–water partition coefficient (Wildman–Crippen LogP) is 3.05. The van der Waals surface area contributed by atoms with Gasteiger partial charge >= 0.3 is 0 Å². The molecule has 0 unspecified atom stereocenters. The summed E-state index contributed by atoms with van der Waals surface area (Å²) in [6.45, 7) is 2.64. The smallest absolute Gasteiger partial charge is 0.253 e. The summed E-state index contributed by atoms with van der Waals surface area (Å²) in [6.07, 6.45) is 1.46. The summed E-state index contributed by atoms with van der Waals surface area (Å²) >= 11 is 0. The Labute approximate surface area is 171 Å². The minimum absolute atomic E-state index is 0. The SMILES string of the molecule is Cl.NC[C@@H]1CN(C(=O)c2cccc(N3CCCC3=O)c2)C[C@H]1c1ccccc1. The van der Waals surface area contributed by atoms with Crippen molar-refractivity contribution < 1.29 is 9.59 Å². The highest BCUT2D eigenvalue weighted by Gasteiger charge is 2.35. The van der Waals surface area contributed by atoms with Crippen LogP contribution in [-0.2, 0) is 4.79 Å². The van der Waals surface area contributed by atoms with Crippen LogP contribution in [0.2, 0.25) is 0 Å².